The van der Waals surface area contributed by atoms with Crippen molar-refractivity contribution in [3.8, 4) is 17.4 Å². The van der Waals surface area contributed by atoms with Crippen molar-refractivity contribution in [3.05, 3.63) is 46.6 Å². The van der Waals surface area contributed by atoms with Gasteiger partial charge in [-0.2, -0.15) is 0 Å². The summed E-state index contributed by atoms with van der Waals surface area (Å²) in [5.41, 5.74) is 1.09. The van der Waals surface area contributed by atoms with Gasteiger partial charge in [0, 0.05) is 6.20 Å². The van der Waals surface area contributed by atoms with E-state index in [1.165, 1.54) is 0 Å². The van der Waals surface area contributed by atoms with Gasteiger partial charge in [0.15, 0.2) is 0 Å². The van der Waals surface area contributed by atoms with Crippen molar-refractivity contribution in [2.75, 3.05) is 6.61 Å². The molecule has 0 atom stereocenters. The molecule has 2 aromatic rings. The molecule has 0 bridgehead atoms. The molecule has 1 aromatic heterocycles. The molecule has 19 heavy (non-hydrogen) atoms. The SMILES string of the molecule is CCCOc1ccc(Oc2ncc(C)cc2Br)cc1. The summed E-state index contributed by atoms with van der Waals surface area (Å²) >= 11 is 3.44. The highest BCUT2D eigenvalue weighted by Crippen LogP contribution is 2.28. The predicted octanol–water partition coefficient (Wildman–Crippen LogP) is 4.73. The van der Waals surface area contributed by atoms with Crippen molar-refractivity contribution in [2.24, 2.45) is 0 Å². The predicted molar refractivity (Wildman–Crippen MR) is 79.0 cm³/mol. The number of pyridine rings is 1. The standard InChI is InChI=1S/C15H16BrNO2/c1-3-8-18-12-4-6-13(7-5-12)19-15-14(16)9-11(2)10-17-15/h4-7,9-10H,3,8H2,1-2H3. The lowest BCUT2D eigenvalue weighted by molar-refractivity contribution is 0.317. The number of halogens is 1. The number of hydrogen-bond donors (Lipinski definition) is 0. The Labute approximate surface area is 121 Å². The minimum absolute atomic E-state index is 0.563. The molecule has 0 N–H and O–H groups in total. The highest BCUT2D eigenvalue weighted by atomic mass is 79.9. The third kappa shape index (κ3) is 3.96. The maximum absolute atomic E-state index is 5.71. The minimum Gasteiger partial charge on any atom is -0.494 e. The smallest absolute Gasteiger partial charge is 0.233 e. The van der Waals surface area contributed by atoms with Gasteiger partial charge in [-0.15, -0.1) is 0 Å². The van der Waals surface area contributed by atoms with Crippen LogP contribution in [-0.4, -0.2) is 11.6 Å². The van der Waals surface area contributed by atoms with Gasteiger partial charge in [-0.05, 0) is 65.2 Å². The topological polar surface area (TPSA) is 31.4 Å². The number of hydrogen-bond acceptors (Lipinski definition) is 3. The Balaban J connectivity index is 2.06. The summed E-state index contributed by atoms with van der Waals surface area (Å²) in [4.78, 5) is 4.24. The van der Waals surface area contributed by atoms with E-state index in [9.17, 15) is 0 Å². The summed E-state index contributed by atoms with van der Waals surface area (Å²) in [6.45, 7) is 4.80. The van der Waals surface area contributed by atoms with Crippen LogP contribution >= 0.6 is 15.9 Å². The average molecular weight is 322 g/mol. The van der Waals surface area contributed by atoms with Crippen LogP contribution in [0, 0.1) is 6.92 Å². The van der Waals surface area contributed by atoms with E-state index in [-0.39, 0.29) is 0 Å². The van der Waals surface area contributed by atoms with Crippen molar-refractivity contribution < 1.29 is 9.47 Å². The zero-order valence-electron chi connectivity index (χ0n) is 11.0. The van der Waals surface area contributed by atoms with E-state index in [0.29, 0.717) is 5.88 Å². The van der Waals surface area contributed by atoms with E-state index in [2.05, 4.69) is 27.8 Å². The van der Waals surface area contributed by atoms with Gasteiger partial charge in [-0.1, -0.05) is 6.92 Å². The molecule has 0 saturated heterocycles. The van der Waals surface area contributed by atoms with Gasteiger partial charge in [0.25, 0.3) is 0 Å². The molecule has 2 rings (SSSR count). The number of ether oxygens (including phenoxy) is 2. The van der Waals surface area contributed by atoms with Gasteiger partial charge in [-0.25, -0.2) is 4.98 Å². The van der Waals surface area contributed by atoms with Crippen LogP contribution in [-0.2, 0) is 0 Å². The fourth-order valence-electron chi connectivity index (χ4n) is 1.53. The Hall–Kier alpha value is -1.55. The first-order valence-electron chi connectivity index (χ1n) is 6.22. The first-order chi connectivity index (χ1) is 9.19. The zero-order chi connectivity index (χ0) is 13.7. The normalized spacial score (nSPS) is 10.3. The minimum atomic E-state index is 0.563. The van der Waals surface area contributed by atoms with Crippen LogP contribution in [0.2, 0.25) is 0 Å². The van der Waals surface area contributed by atoms with Crippen LogP contribution < -0.4 is 9.47 Å². The third-order valence-corrected chi connectivity index (χ3v) is 3.02. The molecule has 1 aromatic carbocycles. The number of aromatic nitrogens is 1. The lowest BCUT2D eigenvalue weighted by atomic mass is 10.3. The first-order valence-corrected chi connectivity index (χ1v) is 7.01. The molecular formula is C15H16BrNO2. The van der Waals surface area contributed by atoms with Gasteiger partial charge < -0.3 is 9.47 Å². The van der Waals surface area contributed by atoms with Crippen LogP contribution in [0.4, 0.5) is 0 Å². The summed E-state index contributed by atoms with van der Waals surface area (Å²) in [5.74, 6) is 2.15. The molecule has 3 nitrogen and oxygen atoms in total. The highest BCUT2D eigenvalue weighted by Gasteiger charge is 2.04. The fourth-order valence-corrected chi connectivity index (χ4v) is 2.08. The molecule has 0 radical (unpaired) electrons. The van der Waals surface area contributed by atoms with Gasteiger partial charge in [-0.3, -0.25) is 0 Å². The Kier molecular flexibility index (Phi) is 4.80. The number of aryl methyl sites for hydroxylation is 1. The van der Waals surface area contributed by atoms with Crippen LogP contribution in [0.25, 0.3) is 0 Å². The largest absolute Gasteiger partial charge is 0.494 e. The Morgan fingerprint density at radius 2 is 1.84 bits per heavy atom. The van der Waals surface area contributed by atoms with E-state index in [4.69, 9.17) is 9.47 Å². The first kappa shape index (κ1) is 13.9. The van der Waals surface area contributed by atoms with Crippen molar-refractivity contribution >= 4 is 15.9 Å². The number of benzene rings is 1. The van der Waals surface area contributed by atoms with E-state index >= 15 is 0 Å². The van der Waals surface area contributed by atoms with Gasteiger partial charge in [0.05, 0.1) is 11.1 Å². The molecule has 0 aliphatic carbocycles. The van der Waals surface area contributed by atoms with Gasteiger partial charge >= 0.3 is 0 Å². The summed E-state index contributed by atoms with van der Waals surface area (Å²) in [6.07, 6.45) is 2.78. The maximum Gasteiger partial charge on any atom is 0.233 e. The van der Waals surface area contributed by atoms with Gasteiger partial charge in [0.2, 0.25) is 5.88 Å². The van der Waals surface area contributed by atoms with Crippen molar-refractivity contribution in [1.29, 1.82) is 0 Å². The van der Waals surface area contributed by atoms with Crippen LogP contribution in [0.1, 0.15) is 18.9 Å². The number of nitrogens with zero attached hydrogens (tertiary/aromatic N) is 1. The molecule has 100 valence electrons. The van der Waals surface area contributed by atoms with E-state index in [1.807, 2.05) is 37.3 Å². The van der Waals surface area contributed by atoms with Crippen LogP contribution in [0.5, 0.6) is 17.4 Å². The highest BCUT2D eigenvalue weighted by molar-refractivity contribution is 9.10. The second kappa shape index (κ2) is 6.57. The van der Waals surface area contributed by atoms with Crippen molar-refractivity contribution in [3.63, 3.8) is 0 Å². The number of rotatable bonds is 5. The molecule has 0 spiro atoms. The maximum atomic E-state index is 5.71. The lowest BCUT2D eigenvalue weighted by Gasteiger charge is -2.08. The second-order valence-electron chi connectivity index (χ2n) is 4.22. The monoisotopic (exact) mass is 321 g/mol. The Bertz CT molecular complexity index is 540. The Morgan fingerprint density at radius 3 is 2.47 bits per heavy atom. The fraction of sp³-hybridized carbons (Fsp3) is 0.267. The lowest BCUT2D eigenvalue weighted by Crippen LogP contribution is -1.95. The summed E-state index contributed by atoms with van der Waals surface area (Å²) in [5, 5.41) is 0. The summed E-state index contributed by atoms with van der Waals surface area (Å²) < 4.78 is 12.1. The molecule has 0 unspecified atom stereocenters. The molecule has 0 aliphatic heterocycles. The van der Waals surface area contributed by atoms with E-state index in [1.54, 1.807) is 6.20 Å². The van der Waals surface area contributed by atoms with E-state index in [0.717, 1.165) is 34.6 Å². The summed E-state index contributed by atoms with van der Waals surface area (Å²) in [6, 6.07) is 9.51. The second-order valence-corrected chi connectivity index (χ2v) is 5.08. The van der Waals surface area contributed by atoms with E-state index < -0.39 is 0 Å². The zero-order valence-corrected chi connectivity index (χ0v) is 12.6. The molecule has 0 amide bonds. The molecule has 0 aliphatic rings. The molecule has 0 fully saturated rings. The summed E-state index contributed by atoms with van der Waals surface area (Å²) in [7, 11) is 0. The quantitative estimate of drug-likeness (QED) is 0.797. The van der Waals surface area contributed by atoms with Crippen LogP contribution in [0.3, 0.4) is 0 Å². The van der Waals surface area contributed by atoms with Crippen molar-refractivity contribution in [1.82, 2.24) is 4.98 Å². The van der Waals surface area contributed by atoms with Crippen molar-refractivity contribution in [2.45, 2.75) is 20.3 Å². The molecule has 0 saturated carbocycles. The third-order valence-electron chi connectivity index (χ3n) is 2.46. The molecule has 1 heterocycles. The Morgan fingerprint density at radius 1 is 1.16 bits per heavy atom. The van der Waals surface area contributed by atoms with Crippen LogP contribution in [0.15, 0.2) is 41.0 Å². The average Bonchev–Trinajstić information content (AvgIpc) is 2.41. The molecular weight excluding hydrogens is 306 g/mol. The van der Waals surface area contributed by atoms with Gasteiger partial charge in [0.1, 0.15) is 11.5 Å². The molecule has 4 heteroatoms.